The van der Waals surface area contributed by atoms with Crippen LogP contribution in [0.25, 0.3) is 10.9 Å². The van der Waals surface area contributed by atoms with E-state index in [-0.39, 0.29) is 5.76 Å². The van der Waals surface area contributed by atoms with E-state index in [1.165, 1.54) is 7.11 Å². The van der Waals surface area contributed by atoms with Crippen LogP contribution in [0.1, 0.15) is 16.3 Å². The molecule has 0 amide bonds. The first-order chi connectivity index (χ1) is 10.3. The summed E-state index contributed by atoms with van der Waals surface area (Å²) in [6.45, 7) is 0.469. The molecule has 0 unspecified atom stereocenters. The van der Waals surface area contributed by atoms with Crippen molar-refractivity contribution in [3.8, 4) is 0 Å². The Balaban J connectivity index is 1.71. The van der Waals surface area contributed by atoms with E-state index >= 15 is 0 Å². The molecule has 3 rings (SSSR count). The minimum Gasteiger partial charge on any atom is -0.463 e. The first-order valence-corrected chi connectivity index (χ1v) is 6.52. The number of methoxy groups -OCH3 is 1. The average Bonchev–Trinajstić information content (AvgIpc) is 3.01. The second-order valence-corrected chi connectivity index (χ2v) is 4.53. The Kier molecular flexibility index (Phi) is 3.55. The lowest BCUT2D eigenvalue weighted by Gasteiger charge is -2.05. The molecule has 0 bridgehead atoms. The Labute approximate surface area is 121 Å². The molecule has 2 heterocycles. The number of nitrogens with one attached hydrogen (secondary N) is 1. The maximum Gasteiger partial charge on any atom is 0.373 e. The van der Waals surface area contributed by atoms with Crippen LogP contribution in [0.4, 0.5) is 5.69 Å². The lowest BCUT2D eigenvalue weighted by molar-refractivity contribution is 0.0563. The number of carbonyl (C=O) groups excluding carboxylic acids is 1. The van der Waals surface area contributed by atoms with E-state index in [2.05, 4.69) is 15.0 Å². The van der Waals surface area contributed by atoms with Gasteiger partial charge < -0.3 is 14.5 Å². The van der Waals surface area contributed by atoms with E-state index in [1.807, 2.05) is 30.3 Å². The molecule has 1 N–H and O–H groups in total. The van der Waals surface area contributed by atoms with Crippen molar-refractivity contribution >= 4 is 22.6 Å². The summed E-state index contributed by atoms with van der Waals surface area (Å²) in [6, 6.07) is 13.3. The van der Waals surface area contributed by atoms with E-state index in [9.17, 15) is 4.79 Å². The number of anilines is 1. The second-order valence-electron chi connectivity index (χ2n) is 4.53. The fraction of sp³-hybridized carbons (Fsp3) is 0.125. The Bertz CT molecular complexity index is 780. The lowest BCUT2D eigenvalue weighted by atomic mass is 10.2. The number of pyridine rings is 1. The standard InChI is InChI=1S/C16H14N2O3/c1-20-16(19)15-7-6-13(21-15)10-17-12-8-11-4-2-3-5-14(11)18-9-12/h2-9,17H,10H2,1H3. The van der Waals surface area contributed by atoms with E-state index in [0.29, 0.717) is 12.3 Å². The molecule has 0 saturated carbocycles. The lowest BCUT2D eigenvalue weighted by Crippen LogP contribution is -2.00. The predicted octanol–water partition coefficient (Wildman–Crippen LogP) is 3.23. The molecule has 0 saturated heterocycles. The SMILES string of the molecule is COC(=O)c1ccc(CNc2cnc3ccccc3c2)o1. The van der Waals surface area contributed by atoms with E-state index in [4.69, 9.17) is 4.42 Å². The van der Waals surface area contributed by atoms with Crippen molar-refractivity contribution in [2.24, 2.45) is 0 Å². The van der Waals surface area contributed by atoms with Crippen LogP contribution in [0.5, 0.6) is 0 Å². The molecule has 0 aliphatic carbocycles. The zero-order valence-electron chi connectivity index (χ0n) is 11.5. The molecule has 3 aromatic rings. The highest BCUT2D eigenvalue weighted by molar-refractivity contribution is 5.86. The van der Waals surface area contributed by atoms with E-state index < -0.39 is 5.97 Å². The fourth-order valence-corrected chi connectivity index (χ4v) is 2.04. The zero-order chi connectivity index (χ0) is 14.7. The Hall–Kier alpha value is -2.82. The highest BCUT2D eigenvalue weighted by atomic mass is 16.5. The third kappa shape index (κ3) is 2.86. The van der Waals surface area contributed by atoms with Gasteiger partial charge in [0.1, 0.15) is 5.76 Å². The number of ether oxygens (including phenoxy) is 1. The van der Waals surface area contributed by atoms with Gasteiger partial charge in [-0.2, -0.15) is 0 Å². The number of para-hydroxylation sites is 1. The third-order valence-electron chi connectivity index (χ3n) is 3.11. The highest BCUT2D eigenvalue weighted by Gasteiger charge is 2.10. The summed E-state index contributed by atoms with van der Waals surface area (Å²) in [4.78, 5) is 15.7. The van der Waals surface area contributed by atoms with Gasteiger partial charge in [0.05, 0.1) is 31.1 Å². The predicted molar refractivity (Wildman–Crippen MR) is 79.1 cm³/mol. The quantitative estimate of drug-likeness (QED) is 0.744. The summed E-state index contributed by atoms with van der Waals surface area (Å²) in [5.74, 6) is 0.378. The van der Waals surface area contributed by atoms with Crippen LogP contribution >= 0.6 is 0 Å². The summed E-state index contributed by atoms with van der Waals surface area (Å²) >= 11 is 0. The van der Waals surface area contributed by atoms with Crippen LogP contribution in [0.3, 0.4) is 0 Å². The van der Waals surface area contributed by atoms with Crippen LogP contribution in [-0.4, -0.2) is 18.1 Å². The molecule has 0 aliphatic heterocycles. The molecule has 0 aliphatic rings. The molecule has 0 fully saturated rings. The minimum atomic E-state index is -0.478. The number of nitrogens with zero attached hydrogens (tertiary/aromatic N) is 1. The Morgan fingerprint density at radius 1 is 1.29 bits per heavy atom. The number of esters is 1. The van der Waals surface area contributed by atoms with Crippen molar-refractivity contribution in [2.45, 2.75) is 6.54 Å². The minimum absolute atomic E-state index is 0.200. The van der Waals surface area contributed by atoms with Crippen molar-refractivity contribution < 1.29 is 13.9 Å². The molecule has 5 heteroatoms. The highest BCUT2D eigenvalue weighted by Crippen LogP contribution is 2.17. The summed E-state index contributed by atoms with van der Waals surface area (Å²) < 4.78 is 9.99. The molecule has 2 aromatic heterocycles. The second kappa shape index (κ2) is 5.66. The fourth-order valence-electron chi connectivity index (χ4n) is 2.04. The van der Waals surface area contributed by atoms with Gasteiger partial charge in [-0.1, -0.05) is 18.2 Å². The molecule has 0 spiro atoms. The zero-order valence-corrected chi connectivity index (χ0v) is 11.5. The normalized spacial score (nSPS) is 10.5. The van der Waals surface area contributed by atoms with Crippen molar-refractivity contribution in [3.05, 3.63) is 60.2 Å². The third-order valence-corrected chi connectivity index (χ3v) is 3.11. The molecule has 0 radical (unpaired) electrons. The molecular weight excluding hydrogens is 268 g/mol. The number of carbonyl (C=O) groups is 1. The van der Waals surface area contributed by atoms with Crippen LogP contribution < -0.4 is 5.32 Å². The van der Waals surface area contributed by atoms with Crippen molar-refractivity contribution in [2.75, 3.05) is 12.4 Å². The molecule has 5 nitrogen and oxygen atoms in total. The topological polar surface area (TPSA) is 64.4 Å². The molecule has 1 aromatic carbocycles. The maximum atomic E-state index is 11.3. The van der Waals surface area contributed by atoms with Gasteiger partial charge in [-0.25, -0.2) is 4.79 Å². The van der Waals surface area contributed by atoms with Gasteiger partial charge >= 0.3 is 5.97 Å². The van der Waals surface area contributed by atoms with E-state index in [1.54, 1.807) is 18.3 Å². The largest absolute Gasteiger partial charge is 0.463 e. The number of hydrogen-bond donors (Lipinski definition) is 1. The average molecular weight is 282 g/mol. The van der Waals surface area contributed by atoms with Crippen molar-refractivity contribution in [3.63, 3.8) is 0 Å². The van der Waals surface area contributed by atoms with Crippen LogP contribution in [0, 0.1) is 0 Å². The van der Waals surface area contributed by atoms with E-state index in [0.717, 1.165) is 16.6 Å². The van der Waals surface area contributed by atoms with Crippen LogP contribution in [0.2, 0.25) is 0 Å². The van der Waals surface area contributed by atoms with Crippen molar-refractivity contribution in [1.82, 2.24) is 4.98 Å². The maximum absolute atomic E-state index is 11.3. The summed E-state index contributed by atoms with van der Waals surface area (Å²) in [5, 5.41) is 4.28. The molecule has 21 heavy (non-hydrogen) atoms. The first-order valence-electron chi connectivity index (χ1n) is 6.52. The summed E-state index contributed by atoms with van der Waals surface area (Å²) in [6.07, 6.45) is 1.77. The van der Waals surface area contributed by atoms with Gasteiger partial charge in [-0.05, 0) is 24.3 Å². The summed E-state index contributed by atoms with van der Waals surface area (Å²) in [7, 11) is 1.32. The van der Waals surface area contributed by atoms with Crippen molar-refractivity contribution in [1.29, 1.82) is 0 Å². The number of furan rings is 1. The van der Waals surface area contributed by atoms with Crippen LogP contribution in [0.15, 0.2) is 53.1 Å². The number of hydrogen-bond acceptors (Lipinski definition) is 5. The monoisotopic (exact) mass is 282 g/mol. The molecule has 0 atom stereocenters. The van der Waals surface area contributed by atoms with Gasteiger partial charge in [0.15, 0.2) is 0 Å². The number of aromatic nitrogens is 1. The number of fused-ring (bicyclic) bond motifs is 1. The Morgan fingerprint density at radius 2 is 2.14 bits per heavy atom. The van der Waals surface area contributed by atoms with Gasteiger partial charge in [0, 0.05) is 5.39 Å². The smallest absolute Gasteiger partial charge is 0.373 e. The summed E-state index contributed by atoms with van der Waals surface area (Å²) in [5.41, 5.74) is 1.85. The van der Waals surface area contributed by atoms with Gasteiger partial charge in [-0.15, -0.1) is 0 Å². The Morgan fingerprint density at radius 3 is 3.00 bits per heavy atom. The van der Waals surface area contributed by atoms with Crippen LogP contribution in [-0.2, 0) is 11.3 Å². The molecular formula is C16H14N2O3. The number of benzene rings is 1. The van der Waals surface area contributed by atoms with Gasteiger partial charge in [0.2, 0.25) is 5.76 Å². The molecule has 106 valence electrons. The first kappa shape index (κ1) is 13.2. The van der Waals surface area contributed by atoms with Gasteiger partial charge in [0.25, 0.3) is 0 Å². The van der Waals surface area contributed by atoms with Gasteiger partial charge in [-0.3, -0.25) is 4.98 Å². The number of rotatable bonds is 4.